The second-order valence-electron chi connectivity index (χ2n) is 4.12. The van der Waals surface area contributed by atoms with Crippen LogP contribution >= 0.6 is 15.9 Å². The van der Waals surface area contributed by atoms with Gasteiger partial charge in [0.05, 0.1) is 18.7 Å². The van der Waals surface area contributed by atoms with Crippen LogP contribution in [0.3, 0.4) is 0 Å². The summed E-state index contributed by atoms with van der Waals surface area (Å²) in [6.45, 7) is 1.68. The molecule has 1 aromatic carbocycles. The molecule has 1 aliphatic rings. The Hall–Kier alpha value is -1.82. The molecule has 0 saturated heterocycles. The zero-order chi connectivity index (χ0) is 14.0. The summed E-state index contributed by atoms with van der Waals surface area (Å²) in [6, 6.07) is 6.57. The van der Waals surface area contributed by atoms with E-state index >= 15 is 0 Å². The average molecular weight is 325 g/mol. The fourth-order valence-electron chi connectivity index (χ4n) is 2.01. The zero-order valence-corrected chi connectivity index (χ0v) is 12.1. The smallest absolute Gasteiger partial charge is 0.337 e. The van der Waals surface area contributed by atoms with Crippen LogP contribution in [0.5, 0.6) is 0 Å². The molecule has 0 aliphatic carbocycles. The molecule has 0 bridgehead atoms. The predicted octanol–water partition coefficient (Wildman–Crippen LogP) is 2.25. The maximum absolute atomic E-state index is 11.9. The monoisotopic (exact) mass is 324 g/mol. The van der Waals surface area contributed by atoms with Crippen LogP contribution in [-0.2, 0) is 9.53 Å². The van der Waals surface area contributed by atoms with E-state index in [0.717, 1.165) is 10.0 Å². The lowest BCUT2D eigenvalue weighted by Gasteiger charge is -2.27. The van der Waals surface area contributed by atoms with Crippen LogP contribution in [0.4, 0.5) is 4.79 Å². The third-order valence-electron chi connectivity index (χ3n) is 2.86. The number of hydrogen-bond donors (Lipinski definition) is 2. The van der Waals surface area contributed by atoms with Crippen LogP contribution in [0.2, 0.25) is 0 Å². The highest BCUT2D eigenvalue weighted by Gasteiger charge is 2.31. The third kappa shape index (κ3) is 2.78. The molecule has 19 heavy (non-hydrogen) atoms. The Morgan fingerprint density at radius 1 is 1.42 bits per heavy atom. The van der Waals surface area contributed by atoms with E-state index in [1.54, 1.807) is 6.92 Å². The Balaban J connectivity index is 2.49. The number of halogens is 1. The first-order valence-corrected chi connectivity index (χ1v) is 6.44. The molecule has 2 N–H and O–H groups in total. The summed E-state index contributed by atoms with van der Waals surface area (Å²) in [6.07, 6.45) is 0. The number of benzene rings is 1. The lowest BCUT2D eigenvalue weighted by atomic mass is 9.96. The zero-order valence-electron chi connectivity index (χ0n) is 10.5. The molecule has 0 aromatic heterocycles. The van der Waals surface area contributed by atoms with Crippen molar-refractivity contribution in [2.75, 3.05) is 7.11 Å². The number of amides is 2. The predicted molar refractivity (Wildman–Crippen MR) is 73.3 cm³/mol. The molecule has 5 nitrogen and oxygen atoms in total. The average Bonchev–Trinajstić information content (AvgIpc) is 2.37. The van der Waals surface area contributed by atoms with Crippen molar-refractivity contribution in [1.82, 2.24) is 10.6 Å². The molecule has 0 fully saturated rings. The first-order chi connectivity index (χ1) is 9.02. The van der Waals surface area contributed by atoms with Crippen molar-refractivity contribution in [1.29, 1.82) is 0 Å². The summed E-state index contributed by atoms with van der Waals surface area (Å²) in [5.41, 5.74) is 1.71. The molecule has 1 atom stereocenters. The van der Waals surface area contributed by atoms with E-state index < -0.39 is 12.0 Å². The van der Waals surface area contributed by atoms with Crippen LogP contribution in [0.15, 0.2) is 40.0 Å². The van der Waals surface area contributed by atoms with E-state index in [-0.39, 0.29) is 6.03 Å². The third-order valence-corrected chi connectivity index (χ3v) is 3.35. The Bertz CT molecular complexity index is 569. The molecular formula is C13H13BrN2O3. The van der Waals surface area contributed by atoms with E-state index in [1.807, 2.05) is 24.3 Å². The number of rotatable bonds is 2. The van der Waals surface area contributed by atoms with Gasteiger partial charge >= 0.3 is 12.0 Å². The highest BCUT2D eigenvalue weighted by molar-refractivity contribution is 9.10. The van der Waals surface area contributed by atoms with Gasteiger partial charge in [0.1, 0.15) is 0 Å². The van der Waals surface area contributed by atoms with Gasteiger partial charge in [0.2, 0.25) is 0 Å². The molecule has 1 heterocycles. The molecule has 0 saturated carbocycles. The number of methoxy groups -OCH3 is 1. The van der Waals surface area contributed by atoms with Crippen molar-refractivity contribution >= 4 is 27.9 Å². The molecule has 1 aromatic rings. The van der Waals surface area contributed by atoms with Gasteiger partial charge in [-0.25, -0.2) is 9.59 Å². The number of allylic oxidation sites excluding steroid dienone is 1. The maximum atomic E-state index is 11.9. The van der Waals surface area contributed by atoms with Gasteiger partial charge in [-0.05, 0) is 24.6 Å². The Morgan fingerprint density at radius 2 is 2.16 bits per heavy atom. The lowest BCUT2D eigenvalue weighted by Crippen LogP contribution is -2.45. The highest BCUT2D eigenvalue weighted by Crippen LogP contribution is 2.28. The number of hydrogen-bond acceptors (Lipinski definition) is 3. The second-order valence-corrected chi connectivity index (χ2v) is 5.03. The van der Waals surface area contributed by atoms with Crippen LogP contribution in [0, 0.1) is 0 Å². The lowest BCUT2D eigenvalue weighted by molar-refractivity contribution is -0.136. The quantitative estimate of drug-likeness (QED) is 0.820. The van der Waals surface area contributed by atoms with Crippen LogP contribution in [0.1, 0.15) is 18.5 Å². The SMILES string of the molecule is COC(=O)C1=C(C)NC(=O)NC1c1cccc(Br)c1. The van der Waals surface area contributed by atoms with E-state index in [0.29, 0.717) is 11.3 Å². The Morgan fingerprint density at radius 3 is 2.79 bits per heavy atom. The first kappa shape index (κ1) is 13.6. The van der Waals surface area contributed by atoms with Crippen LogP contribution in [0.25, 0.3) is 0 Å². The molecule has 2 rings (SSSR count). The largest absolute Gasteiger partial charge is 0.466 e. The highest BCUT2D eigenvalue weighted by atomic mass is 79.9. The van der Waals surface area contributed by atoms with Gasteiger partial charge in [-0.15, -0.1) is 0 Å². The molecule has 6 heteroatoms. The first-order valence-electron chi connectivity index (χ1n) is 5.65. The standard InChI is InChI=1S/C13H13BrN2O3/c1-7-10(12(17)19-2)11(16-13(18)15-7)8-4-3-5-9(14)6-8/h3-6,11H,1-2H3,(H2,15,16,18). The number of carbonyl (C=O) groups excluding carboxylic acids is 2. The fraction of sp³-hybridized carbons (Fsp3) is 0.231. The minimum Gasteiger partial charge on any atom is -0.466 e. The van der Waals surface area contributed by atoms with E-state index in [9.17, 15) is 9.59 Å². The number of carbonyl (C=O) groups is 2. The summed E-state index contributed by atoms with van der Waals surface area (Å²) in [5, 5.41) is 5.30. The van der Waals surface area contributed by atoms with Gasteiger partial charge in [-0.3, -0.25) is 0 Å². The Labute approximate surface area is 119 Å². The second kappa shape index (κ2) is 5.44. The molecule has 100 valence electrons. The summed E-state index contributed by atoms with van der Waals surface area (Å²) < 4.78 is 5.65. The molecular weight excluding hydrogens is 312 g/mol. The van der Waals surface area contributed by atoms with Gasteiger partial charge in [0, 0.05) is 10.2 Å². The van der Waals surface area contributed by atoms with Gasteiger partial charge in [0.25, 0.3) is 0 Å². The minimum absolute atomic E-state index is 0.338. The van der Waals surface area contributed by atoms with E-state index in [1.165, 1.54) is 7.11 Å². The number of esters is 1. The van der Waals surface area contributed by atoms with E-state index in [4.69, 9.17) is 4.74 Å². The molecule has 1 unspecified atom stereocenters. The topological polar surface area (TPSA) is 67.4 Å². The molecule has 0 radical (unpaired) electrons. The maximum Gasteiger partial charge on any atom is 0.337 e. The number of nitrogens with one attached hydrogen (secondary N) is 2. The molecule has 1 aliphatic heterocycles. The molecule has 0 spiro atoms. The summed E-state index contributed by atoms with van der Waals surface area (Å²) in [4.78, 5) is 23.4. The van der Waals surface area contributed by atoms with Gasteiger partial charge in [-0.1, -0.05) is 28.1 Å². The summed E-state index contributed by atoms with van der Waals surface area (Å²) in [5.74, 6) is -0.463. The van der Waals surface area contributed by atoms with Crippen molar-refractivity contribution < 1.29 is 14.3 Å². The van der Waals surface area contributed by atoms with E-state index in [2.05, 4.69) is 26.6 Å². The fourth-order valence-corrected chi connectivity index (χ4v) is 2.43. The van der Waals surface area contributed by atoms with Gasteiger partial charge < -0.3 is 15.4 Å². The van der Waals surface area contributed by atoms with Crippen LogP contribution in [-0.4, -0.2) is 19.1 Å². The van der Waals surface area contributed by atoms with Crippen molar-refractivity contribution in [3.8, 4) is 0 Å². The Kier molecular flexibility index (Phi) is 3.90. The van der Waals surface area contributed by atoms with Crippen molar-refractivity contribution in [2.45, 2.75) is 13.0 Å². The van der Waals surface area contributed by atoms with Crippen LogP contribution < -0.4 is 10.6 Å². The number of urea groups is 1. The summed E-state index contributed by atoms with van der Waals surface area (Å²) in [7, 11) is 1.32. The summed E-state index contributed by atoms with van der Waals surface area (Å²) >= 11 is 3.37. The van der Waals surface area contributed by atoms with Gasteiger partial charge in [0.15, 0.2) is 0 Å². The van der Waals surface area contributed by atoms with Crippen molar-refractivity contribution in [2.24, 2.45) is 0 Å². The minimum atomic E-state index is -0.515. The van der Waals surface area contributed by atoms with Crippen molar-refractivity contribution in [3.05, 3.63) is 45.6 Å². The van der Waals surface area contributed by atoms with Crippen molar-refractivity contribution in [3.63, 3.8) is 0 Å². The number of ether oxygens (including phenoxy) is 1. The molecule has 2 amide bonds. The van der Waals surface area contributed by atoms with Gasteiger partial charge in [-0.2, -0.15) is 0 Å². The normalized spacial score (nSPS) is 18.7.